The standard InChI is InChI=1S/C19H25O3P/c1-16(2)13-19(22-23(20)21,14-17-9-5-3-6-10-17)15-18-11-7-4-8-12-18/h3-12,16,23H,13-15H2,1-2H3,(H,20,21). The number of hydrogen-bond donors (Lipinski definition) is 1. The molecule has 0 spiro atoms. The SMILES string of the molecule is CC(C)CC(Cc1ccccc1)(Cc1ccccc1)O[PH](=O)O. The molecule has 2 aromatic rings. The first-order valence-electron chi connectivity index (χ1n) is 7.99. The summed E-state index contributed by atoms with van der Waals surface area (Å²) in [5.41, 5.74) is 1.57. The summed E-state index contributed by atoms with van der Waals surface area (Å²) in [5, 5.41) is 0. The normalized spacial score (nSPS) is 13.2. The van der Waals surface area contributed by atoms with E-state index in [9.17, 15) is 9.46 Å². The molecule has 0 saturated heterocycles. The summed E-state index contributed by atoms with van der Waals surface area (Å²) in [6, 6.07) is 20.0. The lowest BCUT2D eigenvalue weighted by molar-refractivity contribution is 0.0439. The van der Waals surface area contributed by atoms with Gasteiger partial charge in [-0.1, -0.05) is 74.5 Å². The predicted octanol–water partition coefficient (Wildman–Crippen LogP) is 4.66. The first-order chi connectivity index (χ1) is 11.0. The fourth-order valence-corrected chi connectivity index (χ4v) is 3.78. The van der Waals surface area contributed by atoms with Gasteiger partial charge in [0.2, 0.25) is 0 Å². The third-order valence-electron chi connectivity index (χ3n) is 3.82. The van der Waals surface area contributed by atoms with Crippen molar-refractivity contribution in [1.82, 2.24) is 0 Å². The molecule has 0 fully saturated rings. The number of rotatable bonds is 8. The Labute approximate surface area is 139 Å². The summed E-state index contributed by atoms with van der Waals surface area (Å²) in [6.07, 6.45) is 1.98. The largest absolute Gasteiger partial charge is 0.326 e. The van der Waals surface area contributed by atoms with Gasteiger partial charge in [-0.2, -0.15) is 0 Å². The topological polar surface area (TPSA) is 46.5 Å². The second-order valence-electron chi connectivity index (χ2n) is 6.47. The van der Waals surface area contributed by atoms with E-state index in [1.54, 1.807) is 0 Å². The molecule has 0 aliphatic carbocycles. The minimum Gasteiger partial charge on any atom is -0.326 e. The Morgan fingerprint density at radius 3 is 1.74 bits per heavy atom. The van der Waals surface area contributed by atoms with Crippen LogP contribution in [0.4, 0.5) is 0 Å². The summed E-state index contributed by atoms with van der Waals surface area (Å²) < 4.78 is 17.2. The van der Waals surface area contributed by atoms with Crippen LogP contribution in [-0.4, -0.2) is 10.5 Å². The quantitative estimate of drug-likeness (QED) is 0.716. The smallest absolute Gasteiger partial charge is 0.317 e. The van der Waals surface area contributed by atoms with Crippen molar-refractivity contribution in [2.45, 2.75) is 38.7 Å². The fraction of sp³-hybridized carbons (Fsp3) is 0.368. The molecule has 0 bridgehead atoms. The Kier molecular flexibility index (Phi) is 6.59. The van der Waals surface area contributed by atoms with Crippen LogP contribution >= 0.6 is 8.25 Å². The lowest BCUT2D eigenvalue weighted by atomic mass is 9.82. The Balaban J connectivity index is 2.34. The molecule has 0 aromatic heterocycles. The Hall–Kier alpha value is -1.41. The summed E-state index contributed by atoms with van der Waals surface area (Å²) >= 11 is 0. The summed E-state index contributed by atoms with van der Waals surface area (Å²) in [7, 11) is -3.02. The highest BCUT2D eigenvalue weighted by atomic mass is 31.1. The molecule has 0 saturated carbocycles. The van der Waals surface area contributed by atoms with Gasteiger partial charge in [-0.25, -0.2) is 0 Å². The summed E-state index contributed by atoms with van der Waals surface area (Å²) in [4.78, 5) is 9.48. The third-order valence-corrected chi connectivity index (χ3v) is 4.43. The van der Waals surface area contributed by atoms with Gasteiger partial charge in [0.1, 0.15) is 0 Å². The van der Waals surface area contributed by atoms with E-state index in [4.69, 9.17) is 4.52 Å². The maximum Gasteiger partial charge on any atom is 0.317 e. The van der Waals surface area contributed by atoms with E-state index < -0.39 is 13.9 Å². The zero-order chi connectivity index (χ0) is 16.7. The van der Waals surface area contributed by atoms with Gasteiger partial charge in [0.25, 0.3) is 0 Å². The van der Waals surface area contributed by atoms with Crippen LogP contribution in [0.2, 0.25) is 0 Å². The average Bonchev–Trinajstić information content (AvgIpc) is 2.47. The van der Waals surface area contributed by atoms with Crippen LogP contribution in [0, 0.1) is 5.92 Å². The van der Waals surface area contributed by atoms with Crippen LogP contribution in [0.25, 0.3) is 0 Å². The van der Waals surface area contributed by atoms with Crippen molar-refractivity contribution < 1.29 is 14.0 Å². The zero-order valence-electron chi connectivity index (χ0n) is 13.7. The van der Waals surface area contributed by atoms with E-state index >= 15 is 0 Å². The van der Waals surface area contributed by atoms with Crippen LogP contribution in [0.1, 0.15) is 31.4 Å². The van der Waals surface area contributed by atoms with E-state index in [1.165, 1.54) is 0 Å². The first kappa shape index (κ1) is 17.9. The highest BCUT2D eigenvalue weighted by Gasteiger charge is 2.34. The van der Waals surface area contributed by atoms with Crippen molar-refractivity contribution in [3.63, 3.8) is 0 Å². The highest BCUT2D eigenvalue weighted by Crippen LogP contribution is 2.37. The molecule has 1 unspecified atom stereocenters. The molecule has 0 aliphatic heterocycles. The van der Waals surface area contributed by atoms with Crippen LogP contribution < -0.4 is 0 Å². The van der Waals surface area contributed by atoms with Crippen molar-refractivity contribution >= 4 is 8.25 Å². The highest BCUT2D eigenvalue weighted by molar-refractivity contribution is 7.32. The molecule has 3 nitrogen and oxygen atoms in total. The van der Waals surface area contributed by atoms with E-state index in [-0.39, 0.29) is 0 Å². The average molecular weight is 332 g/mol. The minimum atomic E-state index is -3.02. The van der Waals surface area contributed by atoms with Gasteiger partial charge in [0.05, 0.1) is 5.60 Å². The molecule has 0 heterocycles. The van der Waals surface area contributed by atoms with Gasteiger partial charge in [-0.15, -0.1) is 0 Å². The second-order valence-corrected chi connectivity index (χ2v) is 7.21. The molecule has 2 aromatic carbocycles. The van der Waals surface area contributed by atoms with Crippen LogP contribution in [0.15, 0.2) is 60.7 Å². The van der Waals surface area contributed by atoms with Gasteiger partial charge in [0, 0.05) is 12.8 Å². The van der Waals surface area contributed by atoms with E-state index in [1.807, 2.05) is 60.7 Å². The van der Waals surface area contributed by atoms with Crippen LogP contribution in [0.5, 0.6) is 0 Å². The van der Waals surface area contributed by atoms with Gasteiger partial charge >= 0.3 is 8.25 Å². The second kappa shape index (κ2) is 8.44. The molecule has 0 amide bonds. The molecule has 23 heavy (non-hydrogen) atoms. The molecular weight excluding hydrogens is 307 g/mol. The van der Waals surface area contributed by atoms with Crippen molar-refractivity contribution in [3.8, 4) is 0 Å². The van der Waals surface area contributed by atoms with Gasteiger partial charge in [0.15, 0.2) is 0 Å². The lowest BCUT2D eigenvalue weighted by Crippen LogP contribution is -2.37. The van der Waals surface area contributed by atoms with Crippen molar-refractivity contribution in [2.75, 3.05) is 0 Å². The van der Waals surface area contributed by atoms with Crippen LogP contribution in [-0.2, 0) is 21.9 Å². The maximum absolute atomic E-state index is 11.5. The Morgan fingerprint density at radius 1 is 0.957 bits per heavy atom. The number of hydrogen-bond acceptors (Lipinski definition) is 2. The molecule has 124 valence electrons. The summed E-state index contributed by atoms with van der Waals surface area (Å²) in [5.74, 6) is 0.365. The third kappa shape index (κ3) is 5.95. The molecule has 1 N–H and O–H groups in total. The number of benzene rings is 2. The van der Waals surface area contributed by atoms with E-state index in [2.05, 4.69) is 13.8 Å². The van der Waals surface area contributed by atoms with Gasteiger partial charge in [-0.05, 0) is 23.5 Å². The van der Waals surface area contributed by atoms with E-state index in [0.717, 1.165) is 17.5 Å². The predicted molar refractivity (Wildman–Crippen MR) is 94.8 cm³/mol. The Bertz CT molecular complexity index is 570. The van der Waals surface area contributed by atoms with Crippen molar-refractivity contribution in [2.24, 2.45) is 5.92 Å². The Morgan fingerprint density at radius 2 is 1.39 bits per heavy atom. The molecule has 2 rings (SSSR count). The summed E-state index contributed by atoms with van der Waals surface area (Å²) in [6.45, 7) is 4.23. The molecule has 0 radical (unpaired) electrons. The molecular formula is C19H25O3P. The fourth-order valence-electron chi connectivity index (χ4n) is 3.19. The molecule has 4 heteroatoms. The van der Waals surface area contributed by atoms with Crippen molar-refractivity contribution in [1.29, 1.82) is 0 Å². The maximum atomic E-state index is 11.5. The van der Waals surface area contributed by atoms with Crippen molar-refractivity contribution in [3.05, 3.63) is 71.8 Å². The zero-order valence-corrected chi connectivity index (χ0v) is 14.7. The van der Waals surface area contributed by atoms with Gasteiger partial charge in [-0.3, -0.25) is 4.57 Å². The van der Waals surface area contributed by atoms with Crippen LogP contribution in [0.3, 0.4) is 0 Å². The molecule has 0 aliphatic rings. The first-order valence-corrected chi connectivity index (χ1v) is 9.25. The van der Waals surface area contributed by atoms with E-state index in [0.29, 0.717) is 18.8 Å². The monoisotopic (exact) mass is 332 g/mol. The lowest BCUT2D eigenvalue weighted by Gasteiger charge is -2.34. The minimum absolute atomic E-state index is 0.365. The molecule has 1 atom stereocenters. The van der Waals surface area contributed by atoms with Gasteiger partial charge < -0.3 is 9.42 Å².